The lowest BCUT2D eigenvalue weighted by Crippen LogP contribution is -2.57. The normalized spacial score (nSPS) is 17.4. The molecule has 0 bridgehead atoms. The molecule has 0 aliphatic carbocycles. The maximum atomic E-state index is 14.0. The number of halogens is 3. The van der Waals surface area contributed by atoms with Crippen LogP contribution in [0.25, 0.3) is 22.0 Å². The lowest BCUT2D eigenvalue weighted by atomic mass is 9.98. The number of amides is 3. The van der Waals surface area contributed by atoms with Gasteiger partial charge in [-0.3, -0.25) is 19.4 Å². The maximum Gasteiger partial charge on any atom is 0.471 e. The minimum atomic E-state index is -5.20. The van der Waals surface area contributed by atoms with Gasteiger partial charge in [0.1, 0.15) is 6.04 Å². The van der Waals surface area contributed by atoms with Crippen LogP contribution in [0.15, 0.2) is 91.1 Å². The zero-order valence-corrected chi connectivity index (χ0v) is 27.6. The molecule has 4 aromatic rings. The largest absolute Gasteiger partial charge is 0.471 e. The fraction of sp³-hybridized carbons (Fsp3) is 0.368. The summed E-state index contributed by atoms with van der Waals surface area (Å²) >= 11 is 0. The quantitative estimate of drug-likeness (QED) is 0.218. The first-order chi connectivity index (χ1) is 23.4. The standard InChI is InChI=1S/C38H41F3N4O4/c1-25(2)19-33(45(37(49)38(39,40)41)23-27-15-16-28-10-3-4-11-29(28)21-27)36(48)43-32-14-8-18-44(24-34(32)46)35(47)22-26-9-7-12-30(20-26)31-13-5-6-17-42-31/h3-7,9-13,15-17,20-21,25,32-34,46H,8,14,18-19,22-24H2,1-2H3,(H,43,48)/t32?,33?,34-/m0/s1. The van der Waals surface area contributed by atoms with Crippen LogP contribution in [0.2, 0.25) is 0 Å². The zero-order chi connectivity index (χ0) is 35.1. The van der Waals surface area contributed by atoms with Gasteiger partial charge in [-0.2, -0.15) is 13.2 Å². The van der Waals surface area contributed by atoms with E-state index >= 15 is 0 Å². The Morgan fingerprint density at radius 1 is 0.959 bits per heavy atom. The molecule has 3 amide bonds. The van der Waals surface area contributed by atoms with Crippen molar-refractivity contribution in [3.05, 3.63) is 102 Å². The Kier molecular flexibility index (Phi) is 11.3. The number of carbonyl (C=O) groups is 3. The highest BCUT2D eigenvalue weighted by molar-refractivity contribution is 5.90. The van der Waals surface area contributed by atoms with Crippen molar-refractivity contribution in [3.8, 4) is 11.3 Å². The van der Waals surface area contributed by atoms with E-state index in [9.17, 15) is 32.7 Å². The van der Waals surface area contributed by atoms with Crippen LogP contribution in [0.3, 0.4) is 0 Å². The summed E-state index contributed by atoms with van der Waals surface area (Å²) in [5, 5.41) is 15.6. The average Bonchev–Trinajstić information content (AvgIpc) is 3.26. The van der Waals surface area contributed by atoms with E-state index in [1.807, 2.05) is 66.7 Å². The molecule has 2 heterocycles. The smallest absolute Gasteiger partial charge is 0.389 e. The van der Waals surface area contributed by atoms with Gasteiger partial charge in [-0.05, 0) is 71.3 Å². The summed E-state index contributed by atoms with van der Waals surface area (Å²) in [5.74, 6) is -3.30. The second-order valence-corrected chi connectivity index (χ2v) is 13.0. The minimum absolute atomic E-state index is 0.0216. The highest BCUT2D eigenvalue weighted by atomic mass is 19.4. The van der Waals surface area contributed by atoms with Gasteiger partial charge in [-0.15, -0.1) is 0 Å². The molecule has 8 nitrogen and oxygen atoms in total. The lowest BCUT2D eigenvalue weighted by molar-refractivity contribution is -0.189. The van der Waals surface area contributed by atoms with E-state index in [2.05, 4.69) is 10.3 Å². The number of hydrogen-bond donors (Lipinski definition) is 2. The highest BCUT2D eigenvalue weighted by Crippen LogP contribution is 2.27. The van der Waals surface area contributed by atoms with E-state index in [0.29, 0.717) is 29.8 Å². The first-order valence-corrected chi connectivity index (χ1v) is 16.5. The van der Waals surface area contributed by atoms with Crippen LogP contribution >= 0.6 is 0 Å². The van der Waals surface area contributed by atoms with Gasteiger partial charge in [0.05, 0.1) is 24.3 Å². The summed E-state index contributed by atoms with van der Waals surface area (Å²) < 4.78 is 41.9. The van der Waals surface area contributed by atoms with Gasteiger partial charge >= 0.3 is 12.1 Å². The molecule has 3 atom stereocenters. The molecule has 0 radical (unpaired) electrons. The molecule has 2 unspecified atom stereocenters. The van der Waals surface area contributed by atoms with Crippen LogP contribution in [0, 0.1) is 5.92 Å². The van der Waals surface area contributed by atoms with Gasteiger partial charge in [0, 0.05) is 31.4 Å². The minimum Gasteiger partial charge on any atom is -0.389 e. The number of aliphatic hydroxyl groups excluding tert-OH is 1. The Bertz CT molecular complexity index is 1760. The van der Waals surface area contributed by atoms with Gasteiger partial charge in [0.2, 0.25) is 11.8 Å². The van der Waals surface area contributed by atoms with Crippen molar-refractivity contribution in [3.63, 3.8) is 0 Å². The van der Waals surface area contributed by atoms with Gasteiger partial charge in [0.25, 0.3) is 0 Å². The highest BCUT2D eigenvalue weighted by Gasteiger charge is 2.46. The fourth-order valence-corrected chi connectivity index (χ4v) is 6.32. The molecule has 1 aliphatic rings. The number of benzene rings is 3. The van der Waals surface area contributed by atoms with Gasteiger partial charge in [-0.1, -0.05) is 74.5 Å². The van der Waals surface area contributed by atoms with Gasteiger partial charge in [0.15, 0.2) is 0 Å². The van der Waals surface area contributed by atoms with Crippen LogP contribution < -0.4 is 5.32 Å². The zero-order valence-electron chi connectivity index (χ0n) is 27.6. The summed E-state index contributed by atoms with van der Waals surface area (Å²) in [6.07, 6.45) is -3.83. The number of hydrogen-bond acceptors (Lipinski definition) is 5. The van der Waals surface area contributed by atoms with E-state index in [-0.39, 0.29) is 31.2 Å². The first-order valence-electron chi connectivity index (χ1n) is 16.5. The number of nitrogens with zero attached hydrogens (tertiary/aromatic N) is 3. The number of pyridine rings is 1. The second kappa shape index (κ2) is 15.6. The van der Waals surface area contributed by atoms with Crippen LogP contribution in [-0.2, 0) is 27.3 Å². The molecule has 1 fully saturated rings. The maximum absolute atomic E-state index is 14.0. The third kappa shape index (κ3) is 9.23. The molecular formula is C38H41F3N4O4. The first kappa shape index (κ1) is 35.5. The molecule has 258 valence electrons. The SMILES string of the molecule is CC(C)CC(C(=O)NC1CCCN(C(=O)Cc2cccc(-c3ccccn3)c2)C[C@@H]1O)N(Cc1ccc2ccccc2c1)C(=O)C(F)(F)F. The van der Waals surface area contributed by atoms with E-state index in [0.717, 1.165) is 27.6 Å². The summed E-state index contributed by atoms with van der Waals surface area (Å²) in [4.78, 5) is 46.5. The van der Waals surface area contributed by atoms with Crippen molar-refractivity contribution in [2.24, 2.45) is 5.92 Å². The van der Waals surface area contributed by atoms with Crippen molar-refractivity contribution >= 4 is 28.5 Å². The predicted molar refractivity (Wildman–Crippen MR) is 181 cm³/mol. The molecule has 11 heteroatoms. The summed E-state index contributed by atoms with van der Waals surface area (Å²) in [5.41, 5.74) is 2.89. The van der Waals surface area contributed by atoms with Gasteiger partial charge in [-0.25, -0.2) is 0 Å². The Hall–Kier alpha value is -4.77. The topological polar surface area (TPSA) is 103 Å². The van der Waals surface area contributed by atoms with Crippen molar-refractivity contribution in [1.82, 2.24) is 20.1 Å². The summed E-state index contributed by atoms with van der Waals surface area (Å²) in [6, 6.07) is 23.3. The van der Waals surface area contributed by atoms with Gasteiger partial charge < -0.3 is 20.2 Å². The molecule has 5 rings (SSSR count). The van der Waals surface area contributed by atoms with Crippen LogP contribution in [0.1, 0.15) is 44.2 Å². The molecule has 1 saturated heterocycles. The number of rotatable bonds is 10. The number of carbonyl (C=O) groups excluding carboxylic acids is 3. The van der Waals surface area contributed by atoms with Crippen molar-refractivity contribution < 1.29 is 32.7 Å². The number of fused-ring (bicyclic) bond motifs is 1. The van der Waals surface area contributed by atoms with E-state index in [1.165, 1.54) is 0 Å². The predicted octanol–water partition coefficient (Wildman–Crippen LogP) is 5.92. The third-order valence-corrected chi connectivity index (χ3v) is 8.78. The molecule has 3 aromatic carbocycles. The fourth-order valence-electron chi connectivity index (χ4n) is 6.32. The van der Waals surface area contributed by atoms with Crippen molar-refractivity contribution in [1.29, 1.82) is 0 Å². The molecule has 0 spiro atoms. The Labute approximate surface area is 283 Å². The molecule has 1 aliphatic heterocycles. The molecule has 1 aromatic heterocycles. The van der Waals surface area contributed by atoms with Crippen molar-refractivity contribution in [2.45, 2.75) is 70.4 Å². The molecule has 2 N–H and O–H groups in total. The monoisotopic (exact) mass is 674 g/mol. The van der Waals surface area contributed by atoms with Crippen LogP contribution in [-0.4, -0.2) is 75.1 Å². The number of likely N-dealkylation sites (tertiary alicyclic amines) is 1. The number of nitrogens with one attached hydrogen (secondary N) is 1. The molecule has 49 heavy (non-hydrogen) atoms. The Morgan fingerprint density at radius 3 is 2.43 bits per heavy atom. The van der Waals surface area contributed by atoms with E-state index in [4.69, 9.17) is 0 Å². The second-order valence-electron chi connectivity index (χ2n) is 13.0. The number of aliphatic hydroxyl groups is 1. The van der Waals surface area contributed by atoms with E-state index in [1.54, 1.807) is 43.1 Å². The van der Waals surface area contributed by atoms with E-state index < -0.39 is 42.7 Å². The summed E-state index contributed by atoms with van der Waals surface area (Å²) in [7, 11) is 0. The number of alkyl halides is 3. The lowest BCUT2D eigenvalue weighted by Gasteiger charge is -2.34. The number of β-amino-alcohol motifs (C(OH)–C–C–N with tert-alkyl or cyclic N) is 1. The van der Waals surface area contributed by atoms with Crippen LogP contribution in [0.4, 0.5) is 13.2 Å². The molecular weight excluding hydrogens is 633 g/mol. The number of aromatic nitrogens is 1. The molecule has 0 saturated carbocycles. The average molecular weight is 675 g/mol. The Balaban J connectivity index is 1.29. The third-order valence-electron chi connectivity index (χ3n) is 8.78. The van der Waals surface area contributed by atoms with Crippen LogP contribution in [0.5, 0.6) is 0 Å². The van der Waals surface area contributed by atoms with Crippen molar-refractivity contribution in [2.75, 3.05) is 13.1 Å². The Morgan fingerprint density at radius 2 is 1.71 bits per heavy atom. The summed E-state index contributed by atoms with van der Waals surface area (Å²) in [6.45, 7) is 3.40.